The average molecular weight is 421 g/mol. The Balaban J connectivity index is 1.80. The maximum atomic E-state index is 12.2. The topological polar surface area (TPSA) is 66.5 Å². The van der Waals surface area contributed by atoms with Gasteiger partial charge in [0.2, 0.25) is 15.9 Å². The van der Waals surface area contributed by atoms with Crippen LogP contribution in [0.5, 0.6) is 0 Å². The van der Waals surface area contributed by atoms with Gasteiger partial charge in [-0.25, -0.2) is 8.42 Å². The Kier molecular flexibility index (Phi) is 8.38. The summed E-state index contributed by atoms with van der Waals surface area (Å²) in [6, 6.07) is 15.8. The first kappa shape index (κ1) is 22.3. The lowest BCUT2D eigenvalue weighted by atomic mass is 10.1. The van der Waals surface area contributed by atoms with Crippen LogP contribution in [0.3, 0.4) is 0 Å². The number of anilines is 1. The van der Waals surface area contributed by atoms with Gasteiger partial charge in [-0.3, -0.25) is 9.10 Å². The summed E-state index contributed by atoms with van der Waals surface area (Å²) >= 11 is 1.69. The van der Waals surface area contributed by atoms with E-state index in [9.17, 15) is 13.2 Å². The predicted molar refractivity (Wildman–Crippen MR) is 118 cm³/mol. The number of nitrogens with zero attached hydrogens (tertiary/aromatic N) is 1. The molecule has 0 aliphatic rings. The maximum absolute atomic E-state index is 12.2. The van der Waals surface area contributed by atoms with Crippen molar-refractivity contribution in [2.45, 2.75) is 31.6 Å². The lowest BCUT2D eigenvalue weighted by Crippen LogP contribution is -2.33. The van der Waals surface area contributed by atoms with E-state index < -0.39 is 10.0 Å². The van der Waals surface area contributed by atoms with E-state index in [0.29, 0.717) is 25.1 Å². The summed E-state index contributed by atoms with van der Waals surface area (Å²) in [6.45, 7) is 4.70. The molecule has 2 aromatic carbocycles. The Labute approximate surface area is 172 Å². The highest BCUT2D eigenvalue weighted by Gasteiger charge is 2.19. The van der Waals surface area contributed by atoms with Gasteiger partial charge in [-0.1, -0.05) is 30.3 Å². The third-order valence-electron chi connectivity index (χ3n) is 4.23. The summed E-state index contributed by atoms with van der Waals surface area (Å²) in [6.07, 6.45) is 1.97. The first-order valence-electron chi connectivity index (χ1n) is 9.27. The minimum Gasteiger partial charge on any atom is -0.355 e. The Bertz CT molecular complexity index is 884. The van der Waals surface area contributed by atoms with Crippen LogP contribution in [-0.4, -0.2) is 39.4 Å². The van der Waals surface area contributed by atoms with Gasteiger partial charge in [0.15, 0.2) is 0 Å². The molecule has 0 saturated heterocycles. The van der Waals surface area contributed by atoms with E-state index in [2.05, 4.69) is 5.32 Å². The number of carbonyl (C=O) groups excluding carboxylic acids is 1. The van der Waals surface area contributed by atoms with Crippen LogP contribution in [0, 0.1) is 13.8 Å². The van der Waals surface area contributed by atoms with E-state index in [1.54, 1.807) is 11.8 Å². The van der Waals surface area contributed by atoms with Crippen LogP contribution >= 0.6 is 11.8 Å². The van der Waals surface area contributed by atoms with E-state index in [1.165, 1.54) is 15.5 Å². The van der Waals surface area contributed by atoms with Gasteiger partial charge >= 0.3 is 0 Å². The van der Waals surface area contributed by atoms with Gasteiger partial charge in [0.05, 0.1) is 11.9 Å². The first-order chi connectivity index (χ1) is 13.3. The molecule has 152 valence electrons. The summed E-state index contributed by atoms with van der Waals surface area (Å²) in [7, 11) is -3.41. The third-order valence-corrected chi connectivity index (χ3v) is 6.43. The summed E-state index contributed by atoms with van der Waals surface area (Å²) < 4.78 is 25.9. The lowest BCUT2D eigenvalue weighted by molar-refractivity contribution is -0.121. The summed E-state index contributed by atoms with van der Waals surface area (Å²) in [5, 5.41) is 2.90. The van der Waals surface area contributed by atoms with Gasteiger partial charge in [0.1, 0.15) is 0 Å². The van der Waals surface area contributed by atoms with Crippen LogP contribution in [0.2, 0.25) is 0 Å². The van der Waals surface area contributed by atoms with Gasteiger partial charge in [-0.2, -0.15) is 0 Å². The molecule has 1 N–H and O–H groups in total. The third kappa shape index (κ3) is 7.20. The van der Waals surface area contributed by atoms with E-state index in [0.717, 1.165) is 16.9 Å². The normalized spacial score (nSPS) is 11.2. The molecule has 28 heavy (non-hydrogen) atoms. The Hall–Kier alpha value is -1.99. The van der Waals surface area contributed by atoms with Crippen LogP contribution < -0.4 is 9.62 Å². The Morgan fingerprint density at radius 1 is 1.11 bits per heavy atom. The fraction of sp³-hybridized carbons (Fsp3) is 0.381. The molecular weight excluding hydrogens is 392 g/mol. The van der Waals surface area contributed by atoms with Crippen molar-refractivity contribution >= 4 is 33.4 Å². The van der Waals surface area contributed by atoms with Gasteiger partial charge in [-0.15, -0.1) is 11.8 Å². The van der Waals surface area contributed by atoms with Crippen molar-refractivity contribution in [3.63, 3.8) is 0 Å². The zero-order chi connectivity index (χ0) is 20.6. The number of sulfonamides is 1. The number of hydrogen-bond donors (Lipinski definition) is 1. The van der Waals surface area contributed by atoms with Crippen molar-refractivity contribution in [3.8, 4) is 0 Å². The van der Waals surface area contributed by atoms with Crippen LogP contribution in [0.15, 0.2) is 53.4 Å². The highest BCUT2D eigenvalue weighted by Crippen LogP contribution is 2.24. The number of benzene rings is 2. The van der Waals surface area contributed by atoms with E-state index in [1.807, 2.05) is 62.4 Å². The summed E-state index contributed by atoms with van der Waals surface area (Å²) in [4.78, 5) is 13.2. The SMILES string of the molecule is Cc1ccc(C)c(N(CCCC(=O)NCCSc2ccccc2)S(C)(=O)=O)c1. The standard InChI is InChI=1S/C21H28N2O3S2/c1-17-11-12-18(2)20(16-17)23(28(3,25)26)14-7-10-21(24)22-13-15-27-19-8-5-4-6-9-19/h4-6,8-9,11-12,16H,7,10,13-15H2,1-3H3,(H,22,24). The Morgan fingerprint density at radius 2 is 1.82 bits per heavy atom. The van der Waals surface area contributed by atoms with Gasteiger partial charge in [0.25, 0.3) is 0 Å². The molecule has 0 unspecified atom stereocenters. The molecule has 0 aromatic heterocycles. The fourth-order valence-corrected chi connectivity index (χ4v) is 4.60. The van der Waals surface area contributed by atoms with Gasteiger partial charge in [0, 0.05) is 30.2 Å². The van der Waals surface area contributed by atoms with Crippen molar-refractivity contribution in [1.29, 1.82) is 0 Å². The van der Waals surface area contributed by atoms with Crippen LogP contribution in [0.25, 0.3) is 0 Å². The molecule has 0 bridgehead atoms. The number of rotatable bonds is 10. The van der Waals surface area contributed by atoms with Crippen molar-refractivity contribution in [2.24, 2.45) is 0 Å². The Morgan fingerprint density at radius 3 is 2.50 bits per heavy atom. The fourth-order valence-electron chi connectivity index (χ4n) is 2.80. The number of nitrogens with one attached hydrogen (secondary N) is 1. The van der Waals surface area contributed by atoms with E-state index in [4.69, 9.17) is 0 Å². The minimum atomic E-state index is -3.41. The molecule has 0 aliphatic heterocycles. The van der Waals surface area contributed by atoms with E-state index >= 15 is 0 Å². The number of aryl methyl sites for hydroxylation is 2. The average Bonchev–Trinajstić information content (AvgIpc) is 2.64. The molecule has 1 amide bonds. The predicted octanol–water partition coefficient (Wildman–Crippen LogP) is 3.76. The van der Waals surface area contributed by atoms with Crippen molar-refractivity contribution in [2.75, 3.05) is 29.4 Å². The summed E-state index contributed by atoms with van der Waals surface area (Å²) in [5.74, 6) is 0.747. The lowest BCUT2D eigenvalue weighted by Gasteiger charge is -2.24. The molecular formula is C21H28N2O3S2. The quantitative estimate of drug-likeness (QED) is 0.469. The van der Waals surface area contributed by atoms with Gasteiger partial charge < -0.3 is 5.32 Å². The molecule has 0 heterocycles. The zero-order valence-electron chi connectivity index (χ0n) is 16.6. The molecule has 0 fully saturated rings. The summed E-state index contributed by atoms with van der Waals surface area (Å²) in [5.41, 5.74) is 2.59. The molecule has 0 atom stereocenters. The number of thioether (sulfide) groups is 1. The van der Waals surface area contributed by atoms with Crippen LogP contribution in [-0.2, 0) is 14.8 Å². The highest BCUT2D eigenvalue weighted by molar-refractivity contribution is 7.99. The molecule has 0 saturated carbocycles. The molecule has 0 radical (unpaired) electrons. The first-order valence-corrected chi connectivity index (χ1v) is 12.1. The van der Waals surface area contributed by atoms with Gasteiger partial charge in [-0.05, 0) is 49.6 Å². The second-order valence-electron chi connectivity index (χ2n) is 6.74. The second kappa shape index (κ2) is 10.5. The second-order valence-corrected chi connectivity index (χ2v) is 9.82. The molecule has 0 spiro atoms. The van der Waals surface area contributed by atoms with E-state index in [-0.39, 0.29) is 12.5 Å². The largest absolute Gasteiger partial charge is 0.355 e. The molecule has 2 aromatic rings. The molecule has 0 aliphatic carbocycles. The van der Waals surface area contributed by atoms with Crippen LogP contribution in [0.1, 0.15) is 24.0 Å². The maximum Gasteiger partial charge on any atom is 0.232 e. The van der Waals surface area contributed by atoms with Crippen LogP contribution in [0.4, 0.5) is 5.69 Å². The smallest absolute Gasteiger partial charge is 0.232 e. The molecule has 7 heteroatoms. The minimum absolute atomic E-state index is 0.0527. The number of carbonyl (C=O) groups is 1. The molecule has 5 nitrogen and oxygen atoms in total. The number of amides is 1. The number of hydrogen-bond acceptors (Lipinski definition) is 4. The molecule has 2 rings (SSSR count). The zero-order valence-corrected chi connectivity index (χ0v) is 18.3. The van der Waals surface area contributed by atoms with Crippen molar-refractivity contribution in [3.05, 3.63) is 59.7 Å². The van der Waals surface area contributed by atoms with Crippen molar-refractivity contribution < 1.29 is 13.2 Å². The highest BCUT2D eigenvalue weighted by atomic mass is 32.2. The van der Waals surface area contributed by atoms with Crippen molar-refractivity contribution in [1.82, 2.24) is 5.32 Å². The monoisotopic (exact) mass is 420 g/mol.